The molecule has 2 fully saturated rings. The summed E-state index contributed by atoms with van der Waals surface area (Å²) < 4.78 is 47.7. The first-order chi connectivity index (χ1) is 14.3. The second-order valence-electron chi connectivity index (χ2n) is 8.58. The Labute approximate surface area is 180 Å². The van der Waals surface area contributed by atoms with E-state index < -0.39 is 20.7 Å². The van der Waals surface area contributed by atoms with E-state index in [2.05, 4.69) is 17.0 Å². The Bertz CT molecular complexity index is 758. The zero-order chi connectivity index (χ0) is 21.6. The summed E-state index contributed by atoms with van der Waals surface area (Å²) in [5.74, 6) is 0. The molecule has 0 aromatic heterocycles. The molecule has 30 heavy (non-hydrogen) atoms. The van der Waals surface area contributed by atoms with Gasteiger partial charge in [0.05, 0.1) is 36.8 Å². The highest BCUT2D eigenvalue weighted by Gasteiger charge is 2.50. The quantitative estimate of drug-likeness (QED) is 0.407. The number of rotatable bonds is 10. The van der Waals surface area contributed by atoms with Crippen molar-refractivity contribution in [2.45, 2.75) is 55.2 Å². The van der Waals surface area contributed by atoms with E-state index in [1.807, 2.05) is 25.2 Å². The Morgan fingerprint density at radius 1 is 1.20 bits per heavy atom. The predicted molar refractivity (Wildman–Crippen MR) is 115 cm³/mol. The molecular weight excluding hydrogens is 406 g/mol. The van der Waals surface area contributed by atoms with Gasteiger partial charge in [-0.2, -0.15) is 0 Å². The summed E-state index contributed by atoms with van der Waals surface area (Å²) in [4.78, 5) is 2.18. The van der Waals surface area contributed by atoms with Crippen molar-refractivity contribution in [3.8, 4) is 0 Å². The molecule has 1 heterocycles. The van der Waals surface area contributed by atoms with Crippen molar-refractivity contribution in [2.24, 2.45) is 0 Å². The van der Waals surface area contributed by atoms with E-state index in [1.54, 1.807) is 7.11 Å². The van der Waals surface area contributed by atoms with E-state index >= 15 is 0 Å². The highest BCUT2D eigenvalue weighted by atomic mass is 32.2. The van der Waals surface area contributed by atoms with Crippen LogP contribution in [-0.2, 0) is 35.3 Å². The molecule has 3 rings (SSSR count). The highest BCUT2D eigenvalue weighted by Crippen LogP contribution is 2.43. The van der Waals surface area contributed by atoms with Crippen LogP contribution in [0.5, 0.6) is 0 Å². The molecule has 0 bridgehead atoms. The van der Waals surface area contributed by atoms with Crippen LogP contribution in [0.15, 0.2) is 30.3 Å². The van der Waals surface area contributed by atoms with Crippen LogP contribution in [0.25, 0.3) is 0 Å². The Hall–Kier alpha value is -1.03. The zero-order valence-electron chi connectivity index (χ0n) is 18.3. The van der Waals surface area contributed by atoms with Crippen LogP contribution >= 0.6 is 0 Å². The first-order valence-corrected chi connectivity index (χ1v) is 12.5. The highest BCUT2D eigenvalue weighted by molar-refractivity contribution is 7.91. The maximum absolute atomic E-state index is 12.7. The average Bonchev–Trinajstić information content (AvgIpc) is 3.10. The Morgan fingerprint density at radius 2 is 1.97 bits per heavy atom. The molecule has 1 aliphatic carbocycles. The monoisotopic (exact) mass is 441 g/mol. The third-order valence-electron chi connectivity index (χ3n) is 6.28. The summed E-state index contributed by atoms with van der Waals surface area (Å²) >= 11 is 0. The summed E-state index contributed by atoms with van der Waals surface area (Å²) in [7, 11) is 0.428. The summed E-state index contributed by atoms with van der Waals surface area (Å²) in [6.45, 7) is 2.43. The van der Waals surface area contributed by atoms with Crippen LogP contribution in [-0.4, -0.2) is 83.3 Å². The zero-order valence-corrected chi connectivity index (χ0v) is 19.1. The number of methoxy groups -OCH3 is 1. The van der Waals surface area contributed by atoms with Gasteiger partial charge in [0.25, 0.3) is 0 Å². The van der Waals surface area contributed by atoms with Crippen molar-refractivity contribution in [3.63, 3.8) is 0 Å². The van der Waals surface area contributed by atoms with Gasteiger partial charge in [0.1, 0.15) is 6.79 Å². The maximum Gasteiger partial charge on any atom is 0.151 e. The van der Waals surface area contributed by atoms with Gasteiger partial charge in [0.2, 0.25) is 0 Å². The van der Waals surface area contributed by atoms with Gasteiger partial charge in [-0.05, 0) is 31.9 Å². The molecular formula is C22H35NO6S. The van der Waals surface area contributed by atoms with Gasteiger partial charge in [-0.3, -0.25) is 4.90 Å². The largest absolute Gasteiger partial charge is 0.382 e. The molecule has 1 saturated heterocycles. The summed E-state index contributed by atoms with van der Waals surface area (Å²) in [5.41, 5.74) is 0.765. The number of ether oxygens (including phenoxy) is 4. The molecule has 1 aliphatic heterocycles. The van der Waals surface area contributed by atoms with Crippen LogP contribution in [0.1, 0.15) is 31.2 Å². The first-order valence-electron chi connectivity index (χ1n) is 10.6. The molecule has 0 amide bonds. The minimum absolute atomic E-state index is 0.0215. The predicted octanol–water partition coefficient (Wildman–Crippen LogP) is 2.25. The summed E-state index contributed by atoms with van der Waals surface area (Å²) in [6.07, 6.45) is 4.14. The molecule has 1 saturated carbocycles. The van der Waals surface area contributed by atoms with Crippen LogP contribution in [0.4, 0.5) is 0 Å². The van der Waals surface area contributed by atoms with Gasteiger partial charge in [-0.25, -0.2) is 8.42 Å². The van der Waals surface area contributed by atoms with E-state index in [1.165, 1.54) is 11.8 Å². The van der Waals surface area contributed by atoms with E-state index in [0.29, 0.717) is 32.7 Å². The molecule has 170 valence electrons. The number of hydrogen-bond donors (Lipinski definition) is 0. The SMILES string of the molecule is COCCOCOC1COC2(CCC(N(C)Cc3ccccc3)C(S(C)(=O)=O)C2)C1. The normalized spacial score (nSPS) is 29.7. The Morgan fingerprint density at radius 3 is 2.67 bits per heavy atom. The Balaban J connectivity index is 1.60. The van der Waals surface area contributed by atoms with Crippen LogP contribution < -0.4 is 0 Å². The third kappa shape index (κ3) is 6.24. The van der Waals surface area contributed by atoms with Gasteiger partial charge in [-0.15, -0.1) is 0 Å². The third-order valence-corrected chi connectivity index (χ3v) is 7.86. The molecule has 1 aromatic carbocycles. The summed E-state index contributed by atoms with van der Waals surface area (Å²) in [5, 5.41) is -0.448. The molecule has 4 atom stereocenters. The van der Waals surface area contributed by atoms with Gasteiger partial charge in [-0.1, -0.05) is 30.3 Å². The van der Waals surface area contributed by atoms with Crippen molar-refractivity contribution in [1.29, 1.82) is 0 Å². The van der Waals surface area contributed by atoms with Crippen molar-refractivity contribution < 1.29 is 27.4 Å². The minimum atomic E-state index is -3.22. The van der Waals surface area contributed by atoms with Gasteiger partial charge in [0.15, 0.2) is 9.84 Å². The van der Waals surface area contributed by atoms with Crippen LogP contribution in [0.2, 0.25) is 0 Å². The molecule has 1 spiro atoms. The lowest BCUT2D eigenvalue weighted by Crippen LogP contribution is -2.53. The van der Waals surface area contributed by atoms with E-state index in [-0.39, 0.29) is 18.9 Å². The number of sulfone groups is 1. The van der Waals surface area contributed by atoms with E-state index in [9.17, 15) is 8.42 Å². The lowest BCUT2D eigenvalue weighted by Gasteiger charge is -2.44. The maximum atomic E-state index is 12.7. The lowest BCUT2D eigenvalue weighted by molar-refractivity contribution is -0.0976. The van der Waals surface area contributed by atoms with Crippen molar-refractivity contribution in [3.05, 3.63) is 35.9 Å². The smallest absolute Gasteiger partial charge is 0.151 e. The summed E-state index contributed by atoms with van der Waals surface area (Å²) in [6, 6.07) is 10.1. The lowest BCUT2D eigenvalue weighted by atomic mass is 9.79. The van der Waals surface area contributed by atoms with Gasteiger partial charge >= 0.3 is 0 Å². The van der Waals surface area contributed by atoms with E-state index in [4.69, 9.17) is 18.9 Å². The molecule has 0 N–H and O–H groups in total. The first kappa shape index (κ1) is 23.6. The van der Waals surface area contributed by atoms with E-state index in [0.717, 1.165) is 19.4 Å². The molecule has 4 unspecified atom stereocenters. The minimum Gasteiger partial charge on any atom is -0.382 e. The molecule has 8 heteroatoms. The second-order valence-corrected chi connectivity index (χ2v) is 10.8. The topological polar surface area (TPSA) is 74.3 Å². The Kier molecular flexibility index (Phi) is 8.29. The molecule has 2 aliphatic rings. The van der Waals surface area contributed by atoms with Gasteiger partial charge in [0, 0.05) is 32.4 Å². The number of benzene rings is 1. The molecule has 0 radical (unpaired) electrons. The molecule has 1 aromatic rings. The fourth-order valence-electron chi connectivity index (χ4n) is 4.70. The van der Waals surface area contributed by atoms with Crippen LogP contribution in [0.3, 0.4) is 0 Å². The van der Waals surface area contributed by atoms with Gasteiger partial charge < -0.3 is 18.9 Å². The fraction of sp³-hybridized carbons (Fsp3) is 0.727. The number of hydrogen-bond acceptors (Lipinski definition) is 7. The van der Waals surface area contributed by atoms with Crippen molar-refractivity contribution >= 4 is 9.84 Å². The van der Waals surface area contributed by atoms with Crippen molar-refractivity contribution in [1.82, 2.24) is 4.90 Å². The fourth-order valence-corrected chi connectivity index (χ4v) is 6.22. The average molecular weight is 442 g/mol. The molecule has 7 nitrogen and oxygen atoms in total. The van der Waals surface area contributed by atoms with Crippen molar-refractivity contribution in [2.75, 3.05) is 47.0 Å². The standard InChI is InChI=1S/C22H35NO6S/c1-23(15-18-7-5-4-6-8-18)20-9-10-22(14-21(20)30(3,24)25)13-19(16-29-22)28-17-27-12-11-26-2/h4-8,19-21H,9-17H2,1-3H3. The van der Waals surface area contributed by atoms with Crippen LogP contribution in [0, 0.1) is 0 Å². The second kappa shape index (κ2) is 10.5. The number of nitrogens with zero attached hydrogens (tertiary/aromatic N) is 1.